The van der Waals surface area contributed by atoms with Crippen LogP contribution >= 0.6 is 0 Å². The van der Waals surface area contributed by atoms with Crippen molar-refractivity contribution in [3.05, 3.63) is 0 Å². The lowest BCUT2D eigenvalue weighted by atomic mass is 10.2. The Balaban J connectivity index is 2.12. The topological polar surface area (TPSA) is 73.5 Å². The van der Waals surface area contributed by atoms with Gasteiger partial charge < -0.3 is 15.5 Å². The molecule has 1 aliphatic heterocycles. The van der Waals surface area contributed by atoms with Gasteiger partial charge in [-0.25, -0.2) is 0 Å². The molecule has 3 N–H and O–H groups in total. The van der Waals surface area contributed by atoms with Crippen LogP contribution in [0.4, 0.5) is 0 Å². The fourth-order valence-corrected chi connectivity index (χ4v) is 1.48. The lowest BCUT2D eigenvalue weighted by molar-refractivity contribution is -0.126. The van der Waals surface area contributed by atoms with Gasteiger partial charge in [-0.15, -0.1) is 0 Å². The maximum Gasteiger partial charge on any atom is 0.238 e. The minimum absolute atomic E-state index is 0.0428. The summed E-state index contributed by atoms with van der Waals surface area (Å²) in [5.41, 5.74) is 0. The number of amides is 2. The zero-order valence-electron chi connectivity index (χ0n) is 9.88. The van der Waals surface area contributed by atoms with Crippen LogP contribution in [0.1, 0.15) is 6.42 Å². The standard InChI is InChI=1S/C10H20N4O2/c1-14(2)5-3-4-11-10(16)8-6-13-9(15)7-12-8/h8,12H,3-7H2,1-2H3,(H,11,16)(H,13,15). The summed E-state index contributed by atoms with van der Waals surface area (Å²) < 4.78 is 0. The molecule has 6 nitrogen and oxygen atoms in total. The Bertz CT molecular complexity index is 245. The molecule has 0 radical (unpaired) electrons. The predicted octanol–water partition coefficient (Wildman–Crippen LogP) is -1.86. The molecule has 6 heteroatoms. The maximum absolute atomic E-state index is 11.6. The molecule has 0 aromatic heterocycles. The van der Waals surface area contributed by atoms with Crippen LogP contribution in [-0.4, -0.2) is 63.0 Å². The monoisotopic (exact) mass is 228 g/mol. The third-order valence-corrected chi connectivity index (χ3v) is 2.41. The van der Waals surface area contributed by atoms with Crippen molar-refractivity contribution in [2.45, 2.75) is 12.5 Å². The molecule has 1 rings (SSSR count). The molecule has 0 bridgehead atoms. The number of nitrogens with zero attached hydrogens (tertiary/aromatic N) is 1. The number of hydrogen-bond donors (Lipinski definition) is 3. The van der Waals surface area contributed by atoms with Crippen molar-refractivity contribution < 1.29 is 9.59 Å². The van der Waals surface area contributed by atoms with E-state index >= 15 is 0 Å². The summed E-state index contributed by atoms with van der Waals surface area (Å²) in [6, 6.07) is -0.294. The van der Waals surface area contributed by atoms with Crippen LogP contribution in [-0.2, 0) is 9.59 Å². The van der Waals surface area contributed by atoms with Gasteiger partial charge in [0, 0.05) is 13.1 Å². The maximum atomic E-state index is 11.6. The molecule has 0 spiro atoms. The smallest absolute Gasteiger partial charge is 0.238 e. The van der Waals surface area contributed by atoms with Gasteiger partial charge in [-0.1, -0.05) is 0 Å². The van der Waals surface area contributed by atoms with Crippen molar-refractivity contribution >= 4 is 11.8 Å². The summed E-state index contributed by atoms with van der Waals surface area (Å²) in [4.78, 5) is 24.5. The van der Waals surface area contributed by atoms with Crippen molar-refractivity contribution in [3.63, 3.8) is 0 Å². The van der Waals surface area contributed by atoms with Crippen molar-refractivity contribution in [1.82, 2.24) is 20.9 Å². The first-order valence-electron chi connectivity index (χ1n) is 5.52. The minimum atomic E-state index is -0.294. The zero-order valence-corrected chi connectivity index (χ0v) is 9.88. The Morgan fingerprint density at radius 1 is 1.56 bits per heavy atom. The highest BCUT2D eigenvalue weighted by molar-refractivity contribution is 5.86. The van der Waals surface area contributed by atoms with E-state index in [0.717, 1.165) is 13.0 Å². The lowest BCUT2D eigenvalue weighted by Gasteiger charge is -2.23. The SMILES string of the molecule is CN(C)CCCNC(=O)C1CNC(=O)CN1. The number of piperazine rings is 1. The minimum Gasteiger partial charge on any atom is -0.355 e. The quantitative estimate of drug-likeness (QED) is 0.483. The molecular weight excluding hydrogens is 208 g/mol. The molecule has 0 aliphatic carbocycles. The third kappa shape index (κ3) is 4.59. The highest BCUT2D eigenvalue weighted by Crippen LogP contribution is 1.89. The van der Waals surface area contributed by atoms with Crippen LogP contribution in [0.2, 0.25) is 0 Å². The number of carbonyl (C=O) groups excluding carboxylic acids is 2. The highest BCUT2D eigenvalue weighted by atomic mass is 16.2. The number of rotatable bonds is 5. The van der Waals surface area contributed by atoms with Gasteiger partial charge in [0.1, 0.15) is 6.04 Å². The number of hydrogen-bond acceptors (Lipinski definition) is 4. The largest absolute Gasteiger partial charge is 0.355 e. The molecule has 1 atom stereocenters. The molecule has 0 aromatic rings. The molecule has 16 heavy (non-hydrogen) atoms. The summed E-state index contributed by atoms with van der Waals surface area (Å²) in [7, 11) is 4.00. The average molecular weight is 228 g/mol. The zero-order chi connectivity index (χ0) is 12.0. The second-order valence-corrected chi connectivity index (χ2v) is 4.19. The van der Waals surface area contributed by atoms with E-state index < -0.39 is 0 Å². The Labute approximate surface area is 95.8 Å². The van der Waals surface area contributed by atoms with Gasteiger partial charge in [0.05, 0.1) is 6.54 Å². The molecule has 0 saturated carbocycles. The van der Waals surface area contributed by atoms with E-state index in [4.69, 9.17) is 0 Å². The van der Waals surface area contributed by atoms with Crippen LogP contribution in [0.3, 0.4) is 0 Å². The van der Waals surface area contributed by atoms with E-state index in [0.29, 0.717) is 13.1 Å². The predicted molar refractivity (Wildman–Crippen MR) is 61.0 cm³/mol. The summed E-state index contributed by atoms with van der Waals surface area (Å²) in [6.07, 6.45) is 0.928. The van der Waals surface area contributed by atoms with Crippen molar-refractivity contribution in [1.29, 1.82) is 0 Å². The molecule has 1 heterocycles. The molecule has 1 unspecified atom stereocenters. The van der Waals surface area contributed by atoms with Crippen LogP contribution in [0.5, 0.6) is 0 Å². The Morgan fingerprint density at radius 2 is 2.31 bits per heavy atom. The molecule has 1 fully saturated rings. The van der Waals surface area contributed by atoms with E-state index in [1.165, 1.54) is 0 Å². The van der Waals surface area contributed by atoms with E-state index in [2.05, 4.69) is 20.9 Å². The van der Waals surface area contributed by atoms with Gasteiger partial charge in [0.15, 0.2) is 0 Å². The second-order valence-electron chi connectivity index (χ2n) is 4.19. The van der Waals surface area contributed by atoms with E-state index in [1.807, 2.05) is 14.1 Å². The highest BCUT2D eigenvalue weighted by Gasteiger charge is 2.22. The van der Waals surface area contributed by atoms with Crippen LogP contribution in [0.25, 0.3) is 0 Å². The van der Waals surface area contributed by atoms with Crippen molar-refractivity contribution in [3.8, 4) is 0 Å². The van der Waals surface area contributed by atoms with E-state index in [9.17, 15) is 9.59 Å². The molecular formula is C10H20N4O2. The molecule has 2 amide bonds. The molecule has 0 aromatic carbocycles. The fourth-order valence-electron chi connectivity index (χ4n) is 1.48. The van der Waals surface area contributed by atoms with Gasteiger partial charge >= 0.3 is 0 Å². The normalized spacial score (nSPS) is 20.7. The van der Waals surface area contributed by atoms with E-state index in [1.54, 1.807) is 0 Å². The summed E-state index contributed by atoms with van der Waals surface area (Å²) >= 11 is 0. The van der Waals surface area contributed by atoms with Crippen molar-refractivity contribution in [2.24, 2.45) is 0 Å². The Hall–Kier alpha value is -1.14. The summed E-state index contributed by atoms with van der Waals surface area (Å²) in [6.45, 7) is 2.21. The number of nitrogens with one attached hydrogen (secondary N) is 3. The van der Waals surface area contributed by atoms with Gasteiger partial charge in [-0.2, -0.15) is 0 Å². The first-order valence-corrected chi connectivity index (χ1v) is 5.52. The summed E-state index contributed by atoms with van der Waals surface area (Å²) in [5.74, 6) is -0.101. The van der Waals surface area contributed by atoms with Gasteiger partial charge in [-0.05, 0) is 27.1 Å². The summed E-state index contributed by atoms with van der Waals surface area (Å²) in [5, 5.41) is 8.38. The van der Waals surface area contributed by atoms with Crippen LogP contribution < -0.4 is 16.0 Å². The van der Waals surface area contributed by atoms with Crippen molar-refractivity contribution in [2.75, 3.05) is 40.3 Å². The van der Waals surface area contributed by atoms with E-state index in [-0.39, 0.29) is 24.4 Å². The van der Waals surface area contributed by atoms with Crippen LogP contribution in [0.15, 0.2) is 0 Å². The van der Waals surface area contributed by atoms with Gasteiger partial charge in [0.25, 0.3) is 0 Å². The molecule has 1 aliphatic rings. The second kappa shape index (κ2) is 6.44. The third-order valence-electron chi connectivity index (χ3n) is 2.41. The fraction of sp³-hybridized carbons (Fsp3) is 0.800. The van der Waals surface area contributed by atoms with Crippen LogP contribution in [0, 0.1) is 0 Å². The van der Waals surface area contributed by atoms with Gasteiger partial charge in [0.2, 0.25) is 11.8 Å². The first-order chi connectivity index (χ1) is 7.59. The molecule has 1 saturated heterocycles. The Morgan fingerprint density at radius 3 is 2.88 bits per heavy atom. The van der Waals surface area contributed by atoms with Gasteiger partial charge in [-0.3, -0.25) is 14.9 Å². The molecule has 92 valence electrons. The average Bonchev–Trinajstić information content (AvgIpc) is 2.25. The lowest BCUT2D eigenvalue weighted by Crippen LogP contribution is -2.58. The number of carbonyl (C=O) groups is 2. The first kappa shape index (κ1) is 12.9. The Kier molecular flexibility index (Phi) is 5.21.